The van der Waals surface area contributed by atoms with Crippen LogP contribution in [0, 0.1) is 0 Å². The van der Waals surface area contributed by atoms with Gasteiger partial charge in [0.1, 0.15) is 5.82 Å². The van der Waals surface area contributed by atoms with Gasteiger partial charge in [0.25, 0.3) is 0 Å². The summed E-state index contributed by atoms with van der Waals surface area (Å²) in [7, 11) is 1.97. The van der Waals surface area contributed by atoms with E-state index in [4.69, 9.17) is 0 Å². The van der Waals surface area contributed by atoms with Gasteiger partial charge in [-0.05, 0) is 30.3 Å². The van der Waals surface area contributed by atoms with E-state index >= 15 is 0 Å². The van der Waals surface area contributed by atoms with Gasteiger partial charge in [-0.1, -0.05) is 6.07 Å². The van der Waals surface area contributed by atoms with E-state index < -0.39 is 0 Å². The van der Waals surface area contributed by atoms with Crippen LogP contribution in [-0.2, 0) is 7.05 Å². The third kappa shape index (κ3) is 2.52. The molecule has 24 heavy (non-hydrogen) atoms. The standard InChI is InChI=1S/C19H20N4O/c1-21-13-15(14-24)17-12-16(5-6-18(17)21)22-8-10-23(11-9-22)19-4-2-3-7-20-19/h2-7,12-14H,8-11H2,1H3. The Bertz CT molecular complexity index is 864. The lowest BCUT2D eigenvalue weighted by Crippen LogP contribution is -2.46. The summed E-state index contributed by atoms with van der Waals surface area (Å²) in [5.41, 5.74) is 3.02. The SMILES string of the molecule is Cn1cc(C=O)c2cc(N3CCN(c4ccccn4)CC3)ccc21. The van der Waals surface area contributed by atoms with E-state index in [0.29, 0.717) is 0 Å². The summed E-state index contributed by atoms with van der Waals surface area (Å²) in [5, 5.41) is 1.03. The van der Waals surface area contributed by atoms with Gasteiger partial charge in [0.05, 0.1) is 0 Å². The normalized spacial score (nSPS) is 15.0. The van der Waals surface area contributed by atoms with Crippen LogP contribution in [-0.4, -0.2) is 42.0 Å². The fourth-order valence-electron chi connectivity index (χ4n) is 3.44. The second-order valence-corrected chi connectivity index (χ2v) is 6.18. The highest BCUT2D eigenvalue weighted by molar-refractivity contribution is 5.99. The fraction of sp³-hybridized carbons (Fsp3) is 0.263. The summed E-state index contributed by atoms with van der Waals surface area (Å²) in [5.74, 6) is 1.04. The number of pyridine rings is 1. The maximum Gasteiger partial charge on any atom is 0.152 e. The monoisotopic (exact) mass is 320 g/mol. The van der Waals surface area contributed by atoms with Gasteiger partial charge in [0, 0.05) is 67.8 Å². The number of anilines is 2. The van der Waals surface area contributed by atoms with E-state index in [1.54, 1.807) is 0 Å². The number of aromatic nitrogens is 2. The largest absolute Gasteiger partial charge is 0.368 e. The first-order valence-corrected chi connectivity index (χ1v) is 8.21. The molecule has 0 radical (unpaired) electrons. The zero-order valence-electron chi connectivity index (χ0n) is 13.7. The van der Waals surface area contributed by atoms with Crippen LogP contribution in [0.5, 0.6) is 0 Å². The number of carbonyl (C=O) groups excluding carboxylic acids is 1. The molecule has 0 atom stereocenters. The molecule has 0 aliphatic carbocycles. The lowest BCUT2D eigenvalue weighted by molar-refractivity contribution is 0.112. The summed E-state index contributed by atoms with van der Waals surface area (Å²) in [6.07, 6.45) is 4.66. The van der Waals surface area contributed by atoms with Gasteiger partial charge >= 0.3 is 0 Å². The Hall–Kier alpha value is -2.82. The lowest BCUT2D eigenvalue weighted by atomic mass is 10.1. The Morgan fingerprint density at radius 1 is 1.04 bits per heavy atom. The molecule has 0 saturated carbocycles. The van der Waals surface area contributed by atoms with Crippen molar-refractivity contribution in [3.8, 4) is 0 Å². The topological polar surface area (TPSA) is 41.4 Å². The minimum absolute atomic E-state index is 0.751. The quantitative estimate of drug-likeness (QED) is 0.696. The minimum atomic E-state index is 0.751. The summed E-state index contributed by atoms with van der Waals surface area (Å²) in [6, 6.07) is 12.4. The van der Waals surface area contributed by atoms with Crippen molar-refractivity contribution < 1.29 is 4.79 Å². The van der Waals surface area contributed by atoms with Crippen LogP contribution in [0.25, 0.3) is 10.9 Å². The van der Waals surface area contributed by atoms with Gasteiger partial charge in [-0.15, -0.1) is 0 Å². The predicted octanol–water partition coefficient (Wildman–Crippen LogP) is 2.71. The molecule has 1 saturated heterocycles. The van der Waals surface area contributed by atoms with Crippen LogP contribution in [0.2, 0.25) is 0 Å². The number of nitrogens with zero attached hydrogens (tertiary/aromatic N) is 4. The Labute approximate surface area is 141 Å². The van der Waals surface area contributed by atoms with Crippen LogP contribution in [0.1, 0.15) is 10.4 Å². The second-order valence-electron chi connectivity index (χ2n) is 6.18. The van der Waals surface area contributed by atoms with Gasteiger partial charge < -0.3 is 14.4 Å². The first kappa shape index (κ1) is 14.8. The van der Waals surface area contributed by atoms with Crippen molar-refractivity contribution in [3.63, 3.8) is 0 Å². The number of hydrogen-bond acceptors (Lipinski definition) is 4. The molecular formula is C19H20N4O. The van der Waals surface area contributed by atoms with Crippen LogP contribution in [0.15, 0.2) is 48.8 Å². The third-order valence-electron chi connectivity index (χ3n) is 4.75. The van der Waals surface area contributed by atoms with Gasteiger partial charge in [-0.2, -0.15) is 0 Å². The van der Waals surface area contributed by atoms with Crippen molar-refractivity contribution in [1.82, 2.24) is 9.55 Å². The highest BCUT2D eigenvalue weighted by atomic mass is 16.1. The van der Waals surface area contributed by atoms with Crippen molar-refractivity contribution in [3.05, 3.63) is 54.4 Å². The molecule has 0 amide bonds. The molecule has 1 aliphatic heterocycles. The molecule has 1 aromatic carbocycles. The Kier molecular flexibility index (Phi) is 3.69. The van der Waals surface area contributed by atoms with Gasteiger partial charge in [-0.3, -0.25) is 4.79 Å². The number of piperazine rings is 1. The highest BCUT2D eigenvalue weighted by Gasteiger charge is 2.19. The second kappa shape index (κ2) is 6.00. The molecule has 1 aliphatic rings. The number of carbonyl (C=O) groups is 1. The molecule has 3 heterocycles. The molecule has 122 valence electrons. The Morgan fingerprint density at radius 3 is 2.54 bits per heavy atom. The average Bonchev–Trinajstić information content (AvgIpc) is 2.98. The Morgan fingerprint density at radius 2 is 1.83 bits per heavy atom. The molecule has 0 unspecified atom stereocenters. The molecule has 5 heteroatoms. The van der Waals surface area contributed by atoms with Gasteiger partial charge in [-0.25, -0.2) is 4.98 Å². The van der Waals surface area contributed by atoms with E-state index in [9.17, 15) is 4.79 Å². The number of benzene rings is 1. The first-order chi connectivity index (χ1) is 11.8. The van der Waals surface area contributed by atoms with Crippen molar-refractivity contribution in [2.45, 2.75) is 0 Å². The van der Waals surface area contributed by atoms with E-state index in [-0.39, 0.29) is 0 Å². The van der Waals surface area contributed by atoms with Crippen molar-refractivity contribution in [1.29, 1.82) is 0 Å². The van der Waals surface area contributed by atoms with E-state index in [1.165, 1.54) is 5.69 Å². The molecule has 4 rings (SSSR count). The minimum Gasteiger partial charge on any atom is -0.368 e. The van der Waals surface area contributed by atoms with Crippen LogP contribution in [0.3, 0.4) is 0 Å². The van der Waals surface area contributed by atoms with Crippen molar-refractivity contribution >= 4 is 28.7 Å². The van der Waals surface area contributed by atoms with Crippen LogP contribution in [0.4, 0.5) is 11.5 Å². The lowest BCUT2D eigenvalue weighted by Gasteiger charge is -2.36. The van der Waals surface area contributed by atoms with Gasteiger partial charge in [0.2, 0.25) is 0 Å². The number of aryl methyl sites for hydroxylation is 1. The van der Waals surface area contributed by atoms with E-state index in [1.807, 2.05) is 36.1 Å². The molecule has 3 aromatic rings. The fourth-order valence-corrected chi connectivity index (χ4v) is 3.44. The zero-order valence-corrected chi connectivity index (χ0v) is 13.7. The van der Waals surface area contributed by atoms with Crippen molar-refractivity contribution in [2.24, 2.45) is 7.05 Å². The summed E-state index contributed by atoms with van der Waals surface area (Å²) in [4.78, 5) is 20.4. The average molecular weight is 320 g/mol. The maximum atomic E-state index is 11.3. The first-order valence-electron chi connectivity index (χ1n) is 8.21. The zero-order chi connectivity index (χ0) is 16.5. The number of aldehydes is 1. The van der Waals surface area contributed by atoms with Crippen LogP contribution < -0.4 is 9.80 Å². The smallest absolute Gasteiger partial charge is 0.152 e. The highest BCUT2D eigenvalue weighted by Crippen LogP contribution is 2.26. The molecule has 0 N–H and O–H groups in total. The van der Waals surface area contributed by atoms with Crippen LogP contribution >= 0.6 is 0 Å². The molecule has 1 fully saturated rings. The molecule has 2 aromatic heterocycles. The number of fused-ring (bicyclic) bond motifs is 1. The summed E-state index contributed by atoms with van der Waals surface area (Å²) >= 11 is 0. The molecular weight excluding hydrogens is 300 g/mol. The number of rotatable bonds is 3. The van der Waals surface area contributed by atoms with Crippen molar-refractivity contribution in [2.75, 3.05) is 36.0 Å². The molecule has 0 spiro atoms. The molecule has 5 nitrogen and oxygen atoms in total. The summed E-state index contributed by atoms with van der Waals surface area (Å²) < 4.78 is 2.00. The van der Waals surface area contributed by atoms with Gasteiger partial charge in [0.15, 0.2) is 6.29 Å². The Balaban J connectivity index is 1.55. The maximum absolute atomic E-state index is 11.3. The van der Waals surface area contributed by atoms with E-state index in [2.05, 4.69) is 39.0 Å². The third-order valence-corrected chi connectivity index (χ3v) is 4.75. The van der Waals surface area contributed by atoms with E-state index in [0.717, 1.165) is 54.7 Å². The number of hydrogen-bond donors (Lipinski definition) is 0. The molecule has 0 bridgehead atoms. The summed E-state index contributed by atoms with van der Waals surface area (Å²) in [6.45, 7) is 3.80. The predicted molar refractivity (Wildman–Crippen MR) is 97.0 cm³/mol.